The zero-order valence-corrected chi connectivity index (χ0v) is 15.1. The molecule has 3 rings (SSSR count). The number of benzene rings is 2. The summed E-state index contributed by atoms with van der Waals surface area (Å²) in [5, 5.41) is 3.68. The van der Waals surface area contributed by atoms with E-state index in [1.165, 1.54) is 7.11 Å². The van der Waals surface area contributed by atoms with E-state index < -0.39 is 0 Å². The maximum atomic E-state index is 12.3. The molecule has 26 heavy (non-hydrogen) atoms. The molecule has 0 aliphatic carbocycles. The van der Waals surface area contributed by atoms with Gasteiger partial charge < -0.3 is 19.8 Å². The highest BCUT2D eigenvalue weighted by Gasteiger charge is 2.11. The average molecular weight is 371 g/mol. The first-order chi connectivity index (χ1) is 12.6. The van der Waals surface area contributed by atoms with E-state index in [1.54, 1.807) is 43.5 Å². The Kier molecular flexibility index (Phi) is 5.43. The molecule has 2 N–H and O–H groups in total. The van der Waals surface area contributed by atoms with E-state index in [2.05, 4.69) is 15.3 Å². The van der Waals surface area contributed by atoms with E-state index in [0.29, 0.717) is 33.2 Å². The standard InChI is InChI=1S/C18H17N3O4S/c1-24-11-7-8-15(25-2)14(9-11)19-16(22)10-26-18-20-13-6-4-3-5-12(13)17(23)21-18/h3-9H,10H2,1-2H3,(H,19,22)(H,20,21,23). The summed E-state index contributed by atoms with van der Waals surface area (Å²) < 4.78 is 10.4. The van der Waals surface area contributed by atoms with Crippen LogP contribution in [-0.4, -0.2) is 35.8 Å². The summed E-state index contributed by atoms with van der Waals surface area (Å²) in [5.74, 6) is 0.967. The maximum absolute atomic E-state index is 12.3. The molecule has 0 aliphatic rings. The summed E-state index contributed by atoms with van der Waals surface area (Å²) in [6.45, 7) is 0. The maximum Gasteiger partial charge on any atom is 0.259 e. The number of aromatic nitrogens is 2. The topological polar surface area (TPSA) is 93.3 Å². The molecule has 0 unspecified atom stereocenters. The fourth-order valence-corrected chi connectivity index (χ4v) is 3.03. The molecule has 0 spiro atoms. The Morgan fingerprint density at radius 2 is 2.00 bits per heavy atom. The molecule has 0 atom stereocenters. The fraction of sp³-hybridized carbons (Fsp3) is 0.167. The Labute approximate surface area is 153 Å². The van der Waals surface area contributed by atoms with Gasteiger partial charge in [0.1, 0.15) is 11.5 Å². The minimum Gasteiger partial charge on any atom is -0.497 e. The van der Waals surface area contributed by atoms with Crippen LogP contribution in [0.4, 0.5) is 5.69 Å². The highest BCUT2D eigenvalue weighted by molar-refractivity contribution is 7.99. The van der Waals surface area contributed by atoms with Crippen LogP contribution < -0.4 is 20.3 Å². The van der Waals surface area contributed by atoms with Crippen molar-refractivity contribution in [2.45, 2.75) is 5.16 Å². The van der Waals surface area contributed by atoms with Crippen molar-refractivity contribution in [2.75, 3.05) is 25.3 Å². The summed E-state index contributed by atoms with van der Waals surface area (Å²) in [6.07, 6.45) is 0. The van der Waals surface area contributed by atoms with Gasteiger partial charge in [-0.1, -0.05) is 23.9 Å². The number of hydrogen-bond donors (Lipinski definition) is 2. The lowest BCUT2D eigenvalue weighted by molar-refractivity contribution is -0.113. The molecule has 0 fully saturated rings. The van der Waals surface area contributed by atoms with Gasteiger partial charge in [0.05, 0.1) is 36.6 Å². The van der Waals surface area contributed by atoms with E-state index in [-0.39, 0.29) is 17.2 Å². The number of fused-ring (bicyclic) bond motifs is 1. The third kappa shape index (κ3) is 3.97. The van der Waals surface area contributed by atoms with Gasteiger partial charge in [-0.25, -0.2) is 4.98 Å². The summed E-state index contributed by atoms with van der Waals surface area (Å²) in [7, 11) is 3.07. The van der Waals surface area contributed by atoms with Crippen LogP contribution in [0.2, 0.25) is 0 Å². The molecular weight excluding hydrogens is 354 g/mol. The van der Waals surface area contributed by atoms with Crippen molar-refractivity contribution >= 4 is 34.3 Å². The number of H-pyrrole nitrogens is 1. The number of para-hydroxylation sites is 1. The first-order valence-electron chi connectivity index (χ1n) is 7.74. The van der Waals surface area contributed by atoms with Crippen LogP contribution in [0.25, 0.3) is 10.9 Å². The zero-order valence-electron chi connectivity index (χ0n) is 14.2. The molecule has 3 aromatic rings. The second-order valence-corrected chi connectivity index (χ2v) is 6.26. The predicted molar refractivity (Wildman–Crippen MR) is 101 cm³/mol. The van der Waals surface area contributed by atoms with Gasteiger partial charge in [-0.05, 0) is 24.3 Å². The van der Waals surface area contributed by atoms with Crippen LogP contribution >= 0.6 is 11.8 Å². The van der Waals surface area contributed by atoms with Crippen LogP contribution in [-0.2, 0) is 4.79 Å². The highest BCUT2D eigenvalue weighted by atomic mass is 32.2. The quantitative estimate of drug-likeness (QED) is 0.511. The largest absolute Gasteiger partial charge is 0.497 e. The molecule has 0 saturated heterocycles. The SMILES string of the molecule is COc1ccc(OC)c(NC(=O)CSc2nc3ccccc3c(=O)[nH]2)c1. The molecule has 7 nitrogen and oxygen atoms in total. The average Bonchev–Trinajstić information content (AvgIpc) is 2.66. The number of thioether (sulfide) groups is 1. The van der Waals surface area contributed by atoms with Gasteiger partial charge in [0.25, 0.3) is 5.56 Å². The third-order valence-electron chi connectivity index (χ3n) is 3.61. The summed E-state index contributed by atoms with van der Waals surface area (Å²) in [4.78, 5) is 31.3. The number of aromatic amines is 1. The second-order valence-electron chi connectivity index (χ2n) is 5.29. The van der Waals surface area contributed by atoms with Gasteiger partial charge in [0.2, 0.25) is 5.91 Å². The molecule has 2 aromatic carbocycles. The normalized spacial score (nSPS) is 10.5. The van der Waals surface area contributed by atoms with Crippen molar-refractivity contribution in [3.63, 3.8) is 0 Å². The van der Waals surface area contributed by atoms with Gasteiger partial charge in [-0.2, -0.15) is 0 Å². The molecule has 1 aromatic heterocycles. The van der Waals surface area contributed by atoms with Gasteiger partial charge >= 0.3 is 0 Å². The number of hydrogen-bond acceptors (Lipinski definition) is 6. The smallest absolute Gasteiger partial charge is 0.259 e. The Morgan fingerprint density at radius 1 is 1.19 bits per heavy atom. The van der Waals surface area contributed by atoms with Gasteiger partial charge in [0.15, 0.2) is 5.16 Å². The predicted octanol–water partition coefficient (Wildman–Crippen LogP) is 2.67. The lowest BCUT2D eigenvalue weighted by Gasteiger charge is -2.11. The molecule has 0 radical (unpaired) electrons. The fourth-order valence-electron chi connectivity index (χ4n) is 2.37. The molecule has 8 heteroatoms. The number of methoxy groups -OCH3 is 2. The lowest BCUT2D eigenvalue weighted by Crippen LogP contribution is -2.16. The first kappa shape index (κ1) is 17.8. The number of anilines is 1. The number of carbonyl (C=O) groups is 1. The number of nitrogens with zero attached hydrogens (tertiary/aromatic N) is 1. The van der Waals surface area contributed by atoms with Crippen LogP contribution in [0.1, 0.15) is 0 Å². The van der Waals surface area contributed by atoms with E-state index in [9.17, 15) is 9.59 Å². The van der Waals surface area contributed by atoms with Crippen molar-refractivity contribution < 1.29 is 14.3 Å². The Bertz CT molecular complexity index is 1000. The Hall–Kier alpha value is -3.00. The molecule has 134 valence electrons. The van der Waals surface area contributed by atoms with Crippen molar-refractivity contribution in [2.24, 2.45) is 0 Å². The summed E-state index contributed by atoms with van der Waals surface area (Å²) in [6, 6.07) is 12.2. The molecular formula is C18H17N3O4S. The Morgan fingerprint density at radius 3 is 2.77 bits per heavy atom. The molecule has 1 amide bonds. The minimum atomic E-state index is -0.252. The number of carbonyl (C=O) groups excluding carboxylic acids is 1. The number of ether oxygens (including phenoxy) is 2. The monoisotopic (exact) mass is 371 g/mol. The van der Waals surface area contributed by atoms with Crippen molar-refractivity contribution in [3.05, 3.63) is 52.8 Å². The summed E-state index contributed by atoms with van der Waals surface area (Å²) in [5.41, 5.74) is 0.874. The van der Waals surface area contributed by atoms with E-state index in [1.807, 2.05) is 6.07 Å². The summed E-state index contributed by atoms with van der Waals surface area (Å²) >= 11 is 1.15. The second kappa shape index (κ2) is 7.92. The molecule has 0 aliphatic heterocycles. The van der Waals surface area contributed by atoms with Gasteiger partial charge in [0, 0.05) is 6.07 Å². The molecule has 1 heterocycles. The highest BCUT2D eigenvalue weighted by Crippen LogP contribution is 2.29. The van der Waals surface area contributed by atoms with Crippen LogP contribution in [0.3, 0.4) is 0 Å². The molecule has 0 bridgehead atoms. The number of nitrogens with one attached hydrogen (secondary N) is 2. The minimum absolute atomic E-state index is 0.0850. The van der Waals surface area contributed by atoms with E-state index in [0.717, 1.165) is 11.8 Å². The Balaban J connectivity index is 1.71. The van der Waals surface area contributed by atoms with Crippen LogP contribution in [0.15, 0.2) is 52.4 Å². The van der Waals surface area contributed by atoms with E-state index >= 15 is 0 Å². The lowest BCUT2D eigenvalue weighted by atomic mass is 10.2. The van der Waals surface area contributed by atoms with Gasteiger partial charge in [-0.15, -0.1) is 0 Å². The van der Waals surface area contributed by atoms with Crippen molar-refractivity contribution in [1.29, 1.82) is 0 Å². The molecule has 0 saturated carbocycles. The number of rotatable bonds is 6. The number of amides is 1. The zero-order chi connectivity index (χ0) is 18.5. The van der Waals surface area contributed by atoms with Crippen molar-refractivity contribution in [1.82, 2.24) is 9.97 Å². The van der Waals surface area contributed by atoms with Gasteiger partial charge in [-0.3, -0.25) is 9.59 Å². The first-order valence-corrected chi connectivity index (χ1v) is 8.73. The van der Waals surface area contributed by atoms with Crippen LogP contribution in [0, 0.1) is 0 Å². The van der Waals surface area contributed by atoms with Crippen LogP contribution in [0.5, 0.6) is 11.5 Å². The van der Waals surface area contributed by atoms with E-state index in [4.69, 9.17) is 9.47 Å². The third-order valence-corrected chi connectivity index (χ3v) is 4.49. The van der Waals surface area contributed by atoms with Crippen molar-refractivity contribution in [3.8, 4) is 11.5 Å².